The highest BCUT2D eigenvalue weighted by Crippen LogP contribution is 2.02. The maximum atomic E-state index is 9.21. The normalized spacial score (nSPS) is 15.7. The second-order valence-corrected chi connectivity index (χ2v) is 3.70. The van der Waals surface area contributed by atoms with E-state index in [2.05, 4.69) is 5.32 Å². The Morgan fingerprint density at radius 2 is 2.08 bits per heavy atom. The second kappa shape index (κ2) is 8.48. The van der Waals surface area contributed by atoms with E-state index in [0.717, 1.165) is 25.8 Å². The molecule has 0 fully saturated rings. The maximum absolute atomic E-state index is 9.21. The first-order valence-electron chi connectivity index (χ1n) is 5.20. The van der Waals surface area contributed by atoms with Crippen molar-refractivity contribution in [2.45, 2.75) is 39.2 Å². The van der Waals surface area contributed by atoms with Crippen LogP contribution in [-0.2, 0) is 0 Å². The Kier molecular flexibility index (Phi) is 8.40. The summed E-state index contributed by atoms with van der Waals surface area (Å²) in [5.74, 6) is 0.401. The summed E-state index contributed by atoms with van der Waals surface area (Å²) in [6, 6.07) is 0. The largest absolute Gasteiger partial charge is 0.396 e. The van der Waals surface area contributed by atoms with Crippen LogP contribution in [0.15, 0.2) is 0 Å². The molecule has 0 bridgehead atoms. The first-order valence-corrected chi connectivity index (χ1v) is 5.20. The van der Waals surface area contributed by atoms with Gasteiger partial charge in [-0.25, -0.2) is 0 Å². The van der Waals surface area contributed by atoms with E-state index >= 15 is 0 Å². The topological polar surface area (TPSA) is 52.5 Å². The van der Waals surface area contributed by atoms with E-state index in [9.17, 15) is 5.11 Å². The summed E-state index contributed by atoms with van der Waals surface area (Å²) in [5.41, 5.74) is 0. The number of aliphatic hydroxyl groups is 2. The van der Waals surface area contributed by atoms with E-state index in [1.807, 2.05) is 13.8 Å². The first-order chi connectivity index (χ1) is 6.20. The molecule has 0 aliphatic carbocycles. The summed E-state index contributed by atoms with van der Waals surface area (Å²) >= 11 is 0. The zero-order valence-corrected chi connectivity index (χ0v) is 8.79. The lowest BCUT2D eigenvalue weighted by molar-refractivity contribution is 0.166. The lowest BCUT2D eigenvalue weighted by atomic mass is 10.1. The van der Waals surface area contributed by atoms with Gasteiger partial charge in [-0.15, -0.1) is 0 Å². The Bertz CT molecular complexity index is 97.1. The third-order valence-electron chi connectivity index (χ3n) is 2.21. The molecule has 0 aliphatic rings. The van der Waals surface area contributed by atoms with Crippen molar-refractivity contribution >= 4 is 0 Å². The fourth-order valence-corrected chi connectivity index (χ4v) is 1.08. The third-order valence-corrected chi connectivity index (χ3v) is 2.21. The van der Waals surface area contributed by atoms with Crippen LogP contribution >= 0.6 is 0 Å². The van der Waals surface area contributed by atoms with Crippen LogP contribution in [-0.4, -0.2) is 36.0 Å². The van der Waals surface area contributed by atoms with Gasteiger partial charge in [0.1, 0.15) is 0 Å². The van der Waals surface area contributed by atoms with E-state index in [1.54, 1.807) is 0 Å². The van der Waals surface area contributed by atoms with Gasteiger partial charge in [0, 0.05) is 13.2 Å². The fourth-order valence-electron chi connectivity index (χ4n) is 1.08. The van der Waals surface area contributed by atoms with Gasteiger partial charge in [0.15, 0.2) is 0 Å². The van der Waals surface area contributed by atoms with Crippen molar-refractivity contribution in [2.75, 3.05) is 19.7 Å². The molecule has 3 heteroatoms. The van der Waals surface area contributed by atoms with E-state index in [4.69, 9.17) is 5.11 Å². The van der Waals surface area contributed by atoms with Gasteiger partial charge in [0.25, 0.3) is 0 Å². The molecule has 0 heterocycles. The van der Waals surface area contributed by atoms with Gasteiger partial charge in [-0.05, 0) is 31.7 Å². The standard InChI is InChI=1S/C10H23NO2/c1-3-10(13)7-11-6-4-5-9(2)8-12/h9-13H,3-8H2,1-2H3. The van der Waals surface area contributed by atoms with Crippen LogP contribution in [0.4, 0.5) is 0 Å². The minimum Gasteiger partial charge on any atom is -0.396 e. The maximum Gasteiger partial charge on any atom is 0.0662 e. The minimum absolute atomic E-state index is 0.213. The fraction of sp³-hybridized carbons (Fsp3) is 1.00. The monoisotopic (exact) mass is 189 g/mol. The molecule has 3 N–H and O–H groups in total. The van der Waals surface area contributed by atoms with Crippen molar-refractivity contribution < 1.29 is 10.2 Å². The van der Waals surface area contributed by atoms with E-state index in [1.165, 1.54) is 0 Å². The van der Waals surface area contributed by atoms with Crippen LogP contribution in [0.5, 0.6) is 0 Å². The highest BCUT2D eigenvalue weighted by atomic mass is 16.3. The van der Waals surface area contributed by atoms with E-state index in [0.29, 0.717) is 12.5 Å². The number of hydrogen-bond donors (Lipinski definition) is 3. The Morgan fingerprint density at radius 1 is 1.38 bits per heavy atom. The number of rotatable bonds is 8. The molecule has 0 aromatic carbocycles. The summed E-state index contributed by atoms with van der Waals surface area (Å²) in [7, 11) is 0. The van der Waals surface area contributed by atoms with Crippen molar-refractivity contribution in [3.8, 4) is 0 Å². The zero-order chi connectivity index (χ0) is 10.1. The van der Waals surface area contributed by atoms with Crippen molar-refractivity contribution in [1.82, 2.24) is 5.32 Å². The molecule has 2 atom stereocenters. The first kappa shape index (κ1) is 12.9. The van der Waals surface area contributed by atoms with E-state index in [-0.39, 0.29) is 12.7 Å². The Labute approximate surface area is 81.2 Å². The molecule has 13 heavy (non-hydrogen) atoms. The van der Waals surface area contributed by atoms with Crippen molar-refractivity contribution in [2.24, 2.45) is 5.92 Å². The van der Waals surface area contributed by atoms with Crippen LogP contribution in [0.2, 0.25) is 0 Å². The third kappa shape index (κ3) is 8.22. The van der Waals surface area contributed by atoms with Gasteiger partial charge in [0.05, 0.1) is 6.10 Å². The molecule has 80 valence electrons. The Balaban J connectivity index is 3.08. The van der Waals surface area contributed by atoms with Crippen LogP contribution in [0.3, 0.4) is 0 Å². The lowest BCUT2D eigenvalue weighted by Gasteiger charge is -2.10. The average Bonchev–Trinajstić information content (AvgIpc) is 2.16. The molecule has 0 saturated heterocycles. The summed E-state index contributed by atoms with van der Waals surface area (Å²) < 4.78 is 0. The molecule has 3 nitrogen and oxygen atoms in total. The van der Waals surface area contributed by atoms with Gasteiger partial charge in [-0.3, -0.25) is 0 Å². The van der Waals surface area contributed by atoms with Gasteiger partial charge in [-0.2, -0.15) is 0 Å². The van der Waals surface area contributed by atoms with Crippen LogP contribution < -0.4 is 5.32 Å². The van der Waals surface area contributed by atoms with Crippen LogP contribution in [0.1, 0.15) is 33.1 Å². The Hall–Kier alpha value is -0.120. The molecular weight excluding hydrogens is 166 g/mol. The highest BCUT2D eigenvalue weighted by Gasteiger charge is 2.00. The molecule has 0 aromatic heterocycles. The summed E-state index contributed by atoms with van der Waals surface area (Å²) in [6.07, 6.45) is 2.71. The summed E-state index contributed by atoms with van der Waals surface area (Å²) in [6.45, 7) is 5.91. The molecule has 0 amide bonds. The predicted molar refractivity (Wildman–Crippen MR) is 54.7 cm³/mol. The van der Waals surface area contributed by atoms with Crippen molar-refractivity contribution in [3.63, 3.8) is 0 Å². The summed E-state index contributed by atoms with van der Waals surface area (Å²) in [5, 5.41) is 21.2. The second-order valence-electron chi connectivity index (χ2n) is 3.70. The number of nitrogens with one attached hydrogen (secondary N) is 1. The van der Waals surface area contributed by atoms with Gasteiger partial charge in [0.2, 0.25) is 0 Å². The number of aliphatic hydroxyl groups excluding tert-OH is 2. The quantitative estimate of drug-likeness (QED) is 0.494. The lowest BCUT2D eigenvalue weighted by Crippen LogP contribution is -2.27. The zero-order valence-electron chi connectivity index (χ0n) is 8.79. The smallest absolute Gasteiger partial charge is 0.0662 e. The SMILES string of the molecule is CCC(O)CNCCCC(C)CO. The molecule has 0 saturated carbocycles. The van der Waals surface area contributed by atoms with Gasteiger partial charge >= 0.3 is 0 Å². The van der Waals surface area contributed by atoms with Crippen molar-refractivity contribution in [1.29, 1.82) is 0 Å². The van der Waals surface area contributed by atoms with Crippen molar-refractivity contribution in [3.05, 3.63) is 0 Å². The molecule has 0 spiro atoms. The minimum atomic E-state index is -0.213. The average molecular weight is 189 g/mol. The van der Waals surface area contributed by atoms with E-state index < -0.39 is 0 Å². The van der Waals surface area contributed by atoms with Gasteiger partial charge in [-0.1, -0.05) is 13.8 Å². The highest BCUT2D eigenvalue weighted by molar-refractivity contribution is 4.58. The molecule has 2 unspecified atom stereocenters. The van der Waals surface area contributed by atoms with Crippen LogP contribution in [0.25, 0.3) is 0 Å². The predicted octanol–water partition coefficient (Wildman–Crippen LogP) is 0.755. The molecule has 0 aromatic rings. The van der Waals surface area contributed by atoms with Gasteiger partial charge < -0.3 is 15.5 Å². The molecular formula is C10H23NO2. The van der Waals surface area contributed by atoms with Crippen LogP contribution in [0, 0.1) is 5.92 Å². The number of hydrogen-bond acceptors (Lipinski definition) is 3. The molecule has 0 radical (unpaired) electrons. The molecule has 0 aliphatic heterocycles. The summed E-state index contributed by atoms with van der Waals surface area (Å²) in [4.78, 5) is 0. The Morgan fingerprint density at radius 3 is 2.62 bits per heavy atom. The molecule has 0 rings (SSSR count).